The van der Waals surface area contributed by atoms with Gasteiger partial charge in [-0.1, -0.05) is 15.9 Å². The van der Waals surface area contributed by atoms with Crippen LogP contribution in [0, 0.1) is 0 Å². The van der Waals surface area contributed by atoms with E-state index < -0.39 is 23.7 Å². The first kappa shape index (κ1) is 14.8. The van der Waals surface area contributed by atoms with Gasteiger partial charge in [0.1, 0.15) is 5.75 Å². The number of alkyl halides is 3. The summed E-state index contributed by atoms with van der Waals surface area (Å²) < 4.78 is 30.1. The van der Waals surface area contributed by atoms with Gasteiger partial charge >= 0.3 is 5.97 Å². The topological polar surface area (TPSA) is 59.4 Å². The van der Waals surface area contributed by atoms with E-state index in [1.165, 1.54) is 0 Å². The Morgan fingerprint density at radius 3 is 2.78 bits per heavy atom. The summed E-state index contributed by atoms with van der Waals surface area (Å²) in [5, 5.41) is 9.88. The molecule has 0 saturated carbocycles. The normalized spacial score (nSPS) is 10.7. The number of carbonyl (C=O) groups excluding carboxylic acids is 1. The van der Waals surface area contributed by atoms with E-state index in [1.807, 2.05) is 0 Å². The van der Waals surface area contributed by atoms with Crippen LogP contribution >= 0.6 is 15.9 Å². The maximum atomic E-state index is 12.7. The summed E-state index contributed by atoms with van der Waals surface area (Å²) >= 11 is 3.09. The van der Waals surface area contributed by atoms with Crippen LogP contribution in [0.3, 0.4) is 0 Å². The second kappa shape index (κ2) is 6.63. The van der Waals surface area contributed by atoms with Gasteiger partial charge in [0, 0.05) is 5.33 Å². The Labute approximate surface area is 111 Å². The van der Waals surface area contributed by atoms with Crippen LogP contribution in [0.5, 0.6) is 5.75 Å². The molecule has 0 spiro atoms. The fraction of sp³-hybridized carbons (Fsp3) is 0.455. The van der Waals surface area contributed by atoms with Crippen LogP contribution in [0.4, 0.5) is 8.78 Å². The zero-order valence-corrected chi connectivity index (χ0v) is 11.2. The quantitative estimate of drug-likeness (QED) is 0.668. The lowest BCUT2D eigenvalue weighted by molar-refractivity contribution is -0.142. The Kier molecular flexibility index (Phi) is 5.46. The molecule has 7 heteroatoms. The van der Waals surface area contributed by atoms with Crippen LogP contribution in [0.15, 0.2) is 6.07 Å². The maximum Gasteiger partial charge on any atom is 0.312 e. The minimum Gasteiger partial charge on any atom is -0.506 e. The summed E-state index contributed by atoms with van der Waals surface area (Å²) in [4.78, 5) is 15.2. The molecule has 0 aliphatic carbocycles. The van der Waals surface area contributed by atoms with Crippen LogP contribution in [0.25, 0.3) is 0 Å². The van der Waals surface area contributed by atoms with E-state index in [0.717, 1.165) is 6.07 Å². The van der Waals surface area contributed by atoms with Crippen molar-refractivity contribution in [2.24, 2.45) is 0 Å². The molecule has 1 aromatic heterocycles. The minimum atomic E-state index is -2.83. The van der Waals surface area contributed by atoms with Gasteiger partial charge in [-0.2, -0.15) is 0 Å². The number of pyridine rings is 1. The van der Waals surface area contributed by atoms with E-state index in [4.69, 9.17) is 0 Å². The molecule has 0 aliphatic rings. The monoisotopic (exact) mass is 323 g/mol. The molecule has 1 rings (SSSR count). The predicted octanol–water partition coefficient (Wildman–Crippen LogP) is 2.73. The molecule has 100 valence electrons. The summed E-state index contributed by atoms with van der Waals surface area (Å²) in [6.45, 7) is 1.81. The molecule has 0 radical (unpaired) electrons. The molecule has 18 heavy (non-hydrogen) atoms. The van der Waals surface area contributed by atoms with Gasteiger partial charge in [0.25, 0.3) is 6.43 Å². The van der Waals surface area contributed by atoms with Crippen molar-refractivity contribution in [1.82, 2.24) is 4.98 Å². The summed E-state index contributed by atoms with van der Waals surface area (Å²) in [5.74, 6) is -1.27. The van der Waals surface area contributed by atoms with Gasteiger partial charge in [-0.05, 0) is 13.0 Å². The number of aromatic hydroxyl groups is 1. The zero-order valence-electron chi connectivity index (χ0n) is 9.62. The molecule has 0 saturated heterocycles. The van der Waals surface area contributed by atoms with Crippen LogP contribution in [0.1, 0.15) is 30.3 Å². The molecule has 0 atom stereocenters. The average Bonchev–Trinajstić information content (AvgIpc) is 2.31. The Bertz CT molecular complexity index is 441. The van der Waals surface area contributed by atoms with Crippen molar-refractivity contribution in [3.8, 4) is 5.75 Å². The lowest BCUT2D eigenvalue weighted by atomic mass is 10.1. The average molecular weight is 324 g/mol. The Morgan fingerprint density at radius 2 is 2.28 bits per heavy atom. The van der Waals surface area contributed by atoms with E-state index in [0.29, 0.717) is 5.69 Å². The number of ether oxygens (including phenoxy) is 1. The van der Waals surface area contributed by atoms with E-state index in [2.05, 4.69) is 25.7 Å². The van der Waals surface area contributed by atoms with Gasteiger partial charge in [-0.3, -0.25) is 9.78 Å². The highest BCUT2D eigenvalue weighted by Crippen LogP contribution is 2.31. The van der Waals surface area contributed by atoms with E-state index >= 15 is 0 Å². The first-order valence-electron chi connectivity index (χ1n) is 5.21. The van der Waals surface area contributed by atoms with Gasteiger partial charge in [0.15, 0.2) is 0 Å². The molecule has 0 amide bonds. The lowest BCUT2D eigenvalue weighted by Crippen LogP contribution is -2.10. The first-order chi connectivity index (χ1) is 8.49. The predicted molar refractivity (Wildman–Crippen MR) is 63.8 cm³/mol. The third kappa shape index (κ3) is 3.63. The fourth-order valence-corrected chi connectivity index (χ4v) is 1.67. The summed E-state index contributed by atoms with van der Waals surface area (Å²) in [7, 11) is 0. The lowest BCUT2D eigenvalue weighted by Gasteiger charge is -2.10. The van der Waals surface area contributed by atoms with Gasteiger partial charge in [0.2, 0.25) is 0 Å². The highest BCUT2D eigenvalue weighted by molar-refractivity contribution is 9.08. The number of halogens is 3. The largest absolute Gasteiger partial charge is 0.506 e. The van der Waals surface area contributed by atoms with Crippen molar-refractivity contribution in [2.75, 3.05) is 6.61 Å². The molecule has 0 bridgehead atoms. The van der Waals surface area contributed by atoms with Crippen molar-refractivity contribution in [3.05, 3.63) is 23.0 Å². The van der Waals surface area contributed by atoms with Crippen molar-refractivity contribution >= 4 is 21.9 Å². The Hall–Kier alpha value is -1.24. The zero-order chi connectivity index (χ0) is 13.7. The third-order valence-electron chi connectivity index (χ3n) is 2.14. The molecule has 1 heterocycles. The summed E-state index contributed by atoms with van der Waals surface area (Å²) in [5.41, 5.74) is -0.304. The maximum absolute atomic E-state index is 12.7. The Balaban J connectivity index is 3.09. The summed E-state index contributed by atoms with van der Waals surface area (Å²) in [6, 6.07) is 1.10. The number of hydrogen-bond acceptors (Lipinski definition) is 4. The molecule has 0 aliphatic heterocycles. The highest BCUT2D eigenvalue weighted by atomic mass is 79.9. The van der Waals surface area contributed by atoms with Gasteiger partial charge in [0.05, 0.1) is 30.0 Å². The smallest absolute Gasteiger partial charge is 0.312 e. The van der Waals surface area contributed by atoms with Gasteiger partial charge in [-0.25, -0.2) is 8.78 Å². The molecular formula is C11H12BrF2NO3. The molecule has 1 N–H and O–H groups in total. The number of nitrogens with zero attached hydrogens (tertiary/aromatic N) is 1. The molecular weight excluding hydrogens is 312 g/mol. The standard InChI is InChI=1S/C11H12BrF2NO3/c1-2-18-9(16)4-8-10(17)7(11(13)14)3-6(5-12)15-8/h3,11,17H,2,4-5H2,1H3. The van der Waals surface area contributed by atoms with Crippen LogP contribution in [-0.2, 0) is 21.3 Å². The van der Waals surface area contributed by atoms with Crippen LogP contribution < -0.4 is 0 Å². The molecule has 4 nitrogen and oxygen atoms in total. The fourth-order valence-electron chi connectivity index (χ4n) is 1.38. The van der Waals surface area contributed by atoms with Crippen LogP contribution in [-0.4, -0.2) is 22.7 Å². The molecule has 0 unspecified atom stereocenters. The summed E-state index contributed by atoms with van der Waals surface area (Å²) in [6.07, 6.45) is -3.16. The van der Waals surface area contributed by atoms with Crippen molar-refractivity contribution in [1.29, 1.82) is 0 Å². The molecule has 1 aromatic rings. The molecule has 0 fully saturated rings. The number of carbonyl (C=O) groups is 1. The Morgan fingerprint density at radius 1 is 1.61 bits per heavy atom. The second-order valence-electron chi connectivity index (χ2n) is 3.41. The third-order valence-corrected chi connectivity index (χ3v) is 2.71. The van der Waals surface area contributed by atoms with Crippen LogP contribution in [0.2, 0.25) is 0 Å². The number of aromatic nitrogens is 1. The van der Waals surface area contributed by atoms with Gasteiger partial charge < -0.3 is 9.84 Å². The number of esters is 1. The van der Waals surface area contributed by atoms with E-state index in [1.54, 1.807) is 6.92 Å². The molecule has 0 aromatic carbocycles. The van der Waals surface area contributed by atoms with E-state index in [9.17, 15) is 18.7 Å². The SMILES string of the molecule is CCOC(=O)Cc1nc(CBr)cc(C(F)F)c1O. The number of hydrogen-bond donors (Lipinski definition) is 1. The first-order valence-corrected chi connectivity index (χ1v) is 6.33. The second-order valence-corrected chi connectivity index (χ2v) is 3.97. The van der Waals surface area contributed by atoms with Crippen molar-refractivity contribution in [3.63, 3.8) is 0 Å². The van der Waals surface area contributed by atoms with Gasteiger partial charge in [-0.15, -0.1) is 0 Å². The number of rotatable bonds is 5. The van der Waals surface area contributed by atoms with Crippen molar-refractivity contribution in [2.45, 2.75) is 25.1 Å². The highest BCUT2D eigenvalue weighted by Gasteiger charge is 2.20. The van der Waals surface area contributed by atoms with E-state index in [-0.39, 0.29) is 24.1 Å². The van der Waals surface area contributed by atoms with Crippen molar-refractivity contribution < 1.29 is 23.4 Å². The minimum absolute atomic E-state index is 0.0966.